The van der Waals surface area contributed by atoms with E-state index in [0.29, 0.717) is 0 Å². The Morgan fingerprint density at radius 3 is 2.30 bits per heavy atom. The molecule has 20 heavy (non-hydrogen) atoms. The van der Waals surface area contributed by atoms with Gasteiger partial charge < -0.3 is 15.4 Å². The minimum Gasteiger partial charge on any atom is -0.447 e. The van der Waals surface area contributed by atoms with E-state index in [9.17, 15) is 4.79 Å². The van der Waals surface area contributed by atoms with Gasteiger partial charge in [-0.1, -0.05) is 36.7 Å². The number of ether oxygens (including phenoxy) is 1. The van der Waals surface area contributed by atoms with Gasteiger partial charge >= 0.3 is 6.09 Å². The molecule has 0 aliphatic carbocycles. The maximum Gasteiger partial charge on any atom is 0.404 e. The van der Waals surface area contributed by atoms with Crippen LogP contribution >= 0.6 is 15.9 Å². The van der Waals surface area contributed by atoms with Crippen LogP contribution in [0.2, 0.25) is 0 Å². The monoisotopic (exact) mass is 342 g/mol. The number of primary amides is 1. The summed E-state index contributed by atoms with van der Waals surface area (Å²) in [4.78, 5) is 13.1. The Kier molecular flexibility index (Phi) is 5.87. The SMILES string of the molecule is CCN(c1ccc(Br)cc1)C(COC(N)=O)C(C)(C)C. The van der Waals surface area contributed by atoms with E-state index in [4.69, 9.17) is 10.5 Å². The molecule has 5 heteroatoms. The number of halogens is 1. The molecule has 0 aromatic heterocycles. The maximum atomic E-state index is 10.9. The molecule has 0 saturated heterocycles. The smallest absolute Gasteiger partial charge is 0.404 e. The number of likely N-dealkylation sites (N-methyl/N-ethyl adjacent to an activating group) is 1. The van der Waals surface area contributed by atoms with Crippen molar-refractivity contribution in [2.75, 3.05) is 18.1 Å². The number of anilines is 1. The van der Waals surface area contributed by atoms with Gasteiger partial charge in [0, 0.05) is 16.7 Å². The molecule has 0 heterocycles. The van der Waals surface area contributed by atoms with E-state index in [0.717, 1.165) is 16.7 Å². The highest BCUT2D eigenvalue weighted by Gasteiger charge is 2.31. The quantitative estimate of drug-likeness (QED) is 0.885. The third-order valence-electron chi connectivity index (χ3n) is 3.26. The van der Waals surface area contributed by atoms with Crippen LogP contribution in [0.3, 0.4) is 0 Å². The lowest BCUT2D eigenvalue weighted by Crippen LogP contribution is -2.48. The van der Waals surface area contributed by atoms with Crippen LogP contribution in [0.4, 0.5) is 10.5 Å². The van der Waals surface area contributed by atoms with E-state index < -0.39 is 6.09 Å². The van der Waals surface area contributed by atoms with Crippen LogP contribution in [0, 0.1) is 5.41 Å². The molecule has 1 rings (SSSR count). The molecule has 1 amide bonds. The highest BCUT2D eigenvalue weighted by Crippen LogP contribution is 2.29. The molecule has 1 aromatic rings. The molecule has 0 fully saturated rings. The average Bonchev–Trinajstić information content (AvgIpc) is 2.34. The Morgan fingerprint density at radius 2 is 1.90 bits per heavy atom. The molecule has 0 aliphatic rings. The number of carbonyl (C=O) groups excluding carboxylic acids is 1. The van der Waals surface area contributed by atoms with Gasteiger partial charge in [-0.25, -0.2) is 4.79 Å². The summed E-state index contributed by atoms with van der Waals surface area (Å²) in [7, 11) is 0. The summed E-state index contributed by atoms with van der Waals surface area (Å²) in [5.74, 6) is 0. The van der Waals surface area contributed by atoms with Crippen molar-refractivity contribution in [3.8, 4) is 0 Å². The van der Waals surface area contributed by atoms with Crippen molar-refractivity contribution in [3.05, 3.63) is 28.7 Å². The second-order valence-corrected chi connectivity index (χ2v) is 6.69. The Morgan fingerprint density at radius 1 is 1.35 bits per heavy atom. The third-order valence-corrected chi connectivity index (χ3v) is 3.79. The zero-order valence-corrected chi connectivity index (χ0v) is 14.1. The predicted octanol–water partition coefficient (Wildman–Crippen LogP) is 3.79. The number of rotatable bonds is 5. The minimum absolute atomic E-state index is 0.0431. The normalized spacial score (nSPS) is 12.8. The number of hydrogen-bond donors (Lipinski definition) is 1. The fraction of sp³-hybridized carbons (Fsp3) is 0.533. The Bertz CT molecular complexity index is 440. The van der Waals surface area contributed by atoms with Gasteiger partial charge in [-0.3, -0.25) is 0 Å². The number of nitrogens with zero attached hydrogens (tertiary/aromatic N) is 1. The summed E-state index contributed by atoms with van der Waals surface area (Å²) in [6.07, 6.45) is -0.730. The number of hydrogen-bond acceptors (Lipinski definition) is 3. The molecule has 0 bridgehead atoms. The van der Waals surface area contributed by atoms with Gasteiger partial charge in [-0.2, -0.15) is 0 Å². The van der Waals surface area contributed by atoms with Crippen LogP contribution in [0.1, 0.15) is 27.7 Å². The first-order chi connectivity index (χ1) is 9.25. The van der Waals surface area contributed by atoms with Crippen molar-refractivity contribution < 1.29 is 9.53 Å². The molecule has 0 aliphatic heterocycles. The van der Waals surface area contributed by atoms with Crippen molar-refractivity contribution in [2.45, 2.75) is 33.7 Å². The Balaban J connectivity index is 3.01. The zero-order valence-electron chi connectivity index (χ0n) is 12.5. The van der Waals surface area contributed by atoms with Crippen LogP contribution in [0.15, 0.2) is 28.7 Å². The fourth-order valence-corrected chi connectivity index (χ4v) is 2.45. The van der Waals surface area contributed by atoms with Crippen molar-refractivity contribution in [1.29, 1.82) is 0 Å². The molecule has 0 radical (unpaired) electrons. The topological polar surface area (TPSA) is 55.6 Å². The lowest BCUT2D eigenvalue weighted by atomic mass is 9.85. The maximum absolute atomic E-state index is 10.9. The lowest BCUT2D eigenvalue weighted by molar-refractivity contribution is 0.124. The summed E-state index contributed by atoms with van der Waals surface area (Å²) >= 11 is 3.44. The van der Waals surface area contributed by atoms with Gasteiger partial charge in [-0.05, 0) is 36.6 Å². The summed E-state index contributed by atoms with van der Waals surface area (Å²) in [5.41, 5.74) is 6.16. The van der Waals surface area contributed by atoms with E-state index in [1.807, 2.05) is 12.1 Å². The van der Waals surface area contributed by atoms with Crippen LogP contribution < -0.4 is 10.6 Å². The first-order valence-corrected chi connectivity index (χ1v) is 7.49. The lowest BCUT2D eigenvalue weighted by Gasteiger charge is -2.40. The minimum atomic E-state index is -0.730. The summed E-state index contributed by atoms with van der Waals surface area (Å²) in [6.45, 7) is 9.58. The highest BCUT2D eigenvalue weighted by atomic mass is 79.9. The number of benzene rings is 1. The molecular weight excluding hydrogens is 320 g/mol. The second kappa shape index (κ2) is 6.97. The first kappa shape index (κ1) is 16.8. The zero-order chi connectivity index (χ0) is 15.3. The van der Waals surface area contributed by atoms with Gasteiger partial charge in [0.2, 0.25) is 0 Å². The van der Waals surface area contributed by atoms with Crippen molar-refractivity contribution in [2.24, 2.45) is 11.1 Å². The molecule has 2 N–H and O–H groups in total. The molecule has 112 valence electrons. The Labute approximate surface area is 129 Å². The van der Waals surface area contributed by atoms with E-state index in [-0.39, 0.29) is 18.1 Å². The second-order valence-electron chi connectivity index (χ2n) is 5.77. The third kappa shape index (κ3) is 4.71. The number of nitrogens with two attached hydrogens (primary N) is 1. The number of carbonyl (C=O) groups is 1. The van der Waals surface area contributed by atoms with Gasteiger partial charge in [0.1, 0.15) is 6.61 Å². The van der Waals surface area contributed by atoms with Crippen molar-refractivity contribution >= 4 is 27.7 Å². The molecule has 4 nitrogen and oxygen atoms in total. The molecule has 1 aromatic carbocycles. The van der Waals surface area contributed by atoms with Gasteiger partial charge in [0.15, 0.2) is 0 Å². The van der Waals surface area contributed by atoms with E-state index in [1.165, 1.54) is 0 Å². The van der Waals surface area contributed by atoms with Crippen LogP contribution in [0.25, 0.3) is 0 Å². The highest BCUT2D eigenvalue weighted by molar-refractivity contribution is 9.10. The van der Waals surface area contributed by atoms with Crippen molar-refractivity contribution in [3.63, 3.8) is 0 Å². The van der Waals surface area contributed by atoms with Crippen molar-refractivity contribution in [1.82, 2.24) is 0 Å². The van der Waals surface area contributed by atoms with E-state index in [1.54, 1.807) is 0 Å². The largest absolute Gasteiger partial charge is 0.447 e. The molecule has 1 atom stereocenters. The van der Waals surface area contributed by atoms with Gasteiger partial charge in [0.05, 0.1) is 6.04 Å². The van der Waals surface area contributed by atoms with E-state index in [2.05, 4.69) is 60.7 Å². The van der Waals surface area contributed by atoms with Gasteiger partial charge in [0.25, 0.3) is 0 Å². The van der Waals surface area contributed by atoms with E-state index >= 15 is 0 Å². The van der Waals surface area contributed by atoms with Gasteiger partial charge in [-0.15, -0.1) is 0 Å². The summed E-state index contributed by atoms with van der Waals surface area (Å²) in [6, 6.07) is 8.17. The summed E-state index contributed by atoms with van der Waals surface area (Å²) < 4.78 is 6.09. The summed E-state index contributed by atoms with van der Waals surface area (Å²) in [5, 5.41) is 0. The first-order valence-electron chi connectivity index (χ1n) is 6.70. The van der Waals surface area contributed by atoms with Crippen LogP contribution in [-0.2, 0) is 4.74 Å². The fourth-order valence-electron chi connectivity index (χ4n) is 2.18. The standard InChI is InChI=1S/C15H23BrN2O2/c1-5-18(12-8-6-11(16)7-9-12)13(15(2,3)4)10-20-14(17)19/h6-9,13H,5,10H2,1-4H3,(H2,17,19). The molecule has 1 unspecified atom stereocenters. The van der Waals surface area contributed by atoms with Crippen LogP contribution in [0.5, 0.6) is 0 Å². The predicted molar refractivity (Wildman–Crippen MR) is 85.9 cm³/mol. The molecule has 0 saturated carbocycles. The molecule has 0 spiro atoms. The molecular formula is C15H23BrN2O2. The van der Waals surface area contributed by atoms with Crippen LogP contribution in [-0.4, -0.2) is 25.3 Å². The average molecular weight is 343 g/mol. The Hall–Kier alpha value is -1.23. The number of amides is 1.